The molecule has 2 amide bonds. The molecule has 0 atom stereocenters. The second-order valence-electron chi connectivity index (χ2n) is 13.6. The molecule has 9 nitrogen and oxygen atoms in total. The average Bonchev–Trinajstić information content (AvgIpc) is 3.55. The van der Waals surface area contributed by atoms with E-state index in [2.05, 4.69) is 37.0 Å². The van der Waals surface area contributed by atoms with E-state index in [1.165, 1.54) is 22.5 Å². The smallest absolute Gasteiger partial charge is 0.410 e. The number of nitrogens with zero attached hydrogens (tertiary/aromatic N) is 4. The summed E-state index contributed by atoms with van der Waals surface area (Å²) in [6, 6.07) is 10.5. The van der Waals surface area contributed by atoms with E-state index in [4.69, 9.17) is 19.2 Å². The summed E-state index contributed by atoms with van der Waals surface area (Å²) in [6.45, 7) is 8.94. The number of carbonyl (C=O) groups is 2. The second kappa shape index (κ2) is 15.0. The van der Waals surface area contributed by atoms with Crippen LogP contribution in [-0.2, 0) is 9.53 Å². The average molecular weight is 661 g/mol. The van der Waals surface area contributed by atoms with Crippen molar-refractivity contribution >= 4 is 29.2 Å². The third-order valence-electron chi connectivity index (χ3n) is 10.1. The van der Waals surface area contributed by atoms with Crippen LogP contribution in [0.2, 0.25) is 0 Å². The molecule has 3 aromatic rings. The summed E-state index contributed by atoms with van der Waals surface area (Å²) in [6.07, 6.45) is 10.4. The maximum atomic E-state index is 14.4. The van der Waals surface area contributed by atoms with Crippen molar-refractivity contribution < 1.29 is 23.8 Å². The molecule has 0 spiro atoms. The Bertz CT molecular complexity index is 1520. The first-order valence-corrected chi connectivity index (χ1v) is 18.1. The van der Waals surface area contributed by atoms with E-state index in [0.717, 1.165) is 55.0 Å². The fourth-order valence-electron chi connectivity index (χ4n) is 7.40. The summed E-state index contributed by atoms with van der Waals surface area (Å²) in [5, 5.41) is 0.638. The summed E-state index contributed by atoms with van der Waals surface area (Å²) >= 11 is 1.50. The van der Waals surface area contributed by atoms with Crippen LogP contribution in [0.15, 0.2) is 42.7 Å². The van der Waals surface area contributed by atoms with Crippen LogP contribution in [0.25, 0.3) is 10.4 Å². The summed E-state index contributed by atoms with van der Waals surface area (Å²) in [7, 11) is 1.72. The Morgan fingerprint density at radius 1 is 1.00 bits per heavy atom. The summed E-state index contributed by atoms with van der Waals surface area (Å²) in [5.41, 5.74) is 3.52. The highest BCUT2D eigenvalue weighted by Gasteiger charge is 2.36. The standard InChI is InChI=1S/C37H48N4O5S/c1-5-45-36-39-20-33(47-36)30-16-17-38-34(19-30)41(23-26-6-8-27(9-7-26)29-12-15-32(44-4)25(3)18-29)35(42)28-10-13-31(14-11-28)46-37(43)40-21-24(2)22-40/h12,15-20,24,26-28,31H,5-11,13-14,21-23H2,1-4H3. The topological polar surface area (TPSA) is 94.1 Å². The van der Waals surface area contributed by atoms with Crippen molar-refractivity contribution in [1.29, 1.82) is 0 Å². The first-order chi connectivity index (χ1) is 22.8. The molecule has 2 aliphatic carbocycles. The first kappa shape index (κ1) is 33.2. The predicted octanol–water partition coefficient (Wildman–Crippen LogP) is 7.87. The van der Waals surface area contributed by atoms with Gasteiger partial charge in [0.05, 0.1) is 18.6 Å². The van der Waals surface area contributed by atoms with Crippen molar-refractivity contribution in [2.24, 2.45) is 17.8 Å². The van der Waals surface area contributed by atoms with E-state index in [-0.39, 0.29) is 24.0 Å². The highest BCUT2D eigenvalue weighted by Crippen LogP contribution is 2.39. The Hall–Kier alpha value is -3.66. The van der Waals surface area contributed by atoms with Crippen LogP contribution in [0.4, 0.5) is 10.6 Å². The minimum Gasteiger partial charge on any atom is -0.496 e. The zero-order chi connectivity index (χ0) is 32.9. The van der Waals surface area contributed by atoms with Crippen molar-refractivity contribution in [1.82, 2.24) is 14.9 Å². The van der Waals surface area contributed by atoms with Gasteiger partial charge < -0.3 is 19.1 Å². The largest absolute Gasteiger partial charge is 0.496 e. The zero-order valence-electron chi connectivity index (χ0n) is 28.2. The lowest BCUT2D eigenvalue weighted by Gasteiger charge is -2.38. The molecule has 1 aromatic carbocycles. The van der Waals surface area contributed by atoms with E-state index >= 15 is 0 Å². The molecular formula is C37H48N4O5S. The van der Waals surface area contributed by atoms with Gasteiger partial charge in [0.25, 0.3) is 5.19 Å². The van der Waals surface area contributed by atoms with Gasteiger partial charge in [-0.15, -0.1) is 0 Å². The maximum Gasteiger partial charge on any atom is 0.410 e. The molecule has 3 heterocycles. The van der Waals surface area contributed by atoms with Crippen molar-refractivity contribution in [2.75, 3.05) is 38.3 Å². The molecule has 3 fully saturated rings. The van der Waals surface area contributed by atoms with Gasteiger partial charge in [-0.2, -0.15) is 0 Å². The van der Waals surface area contributed by atoms with Gasteiger partial charge in [0.15, 0.2) is 0 Å². The molecule has 0 unspecified atom stereocenters. The molecule has 10 heteroatoms. The van der Waals surface area contributed by atoms with E-state index in [1.54, 1.807) is 18.2 Å². The normalized spacial score (nSPS) is 23.1. The summed E-state index contributed by atoms with van der Waals surface area (Å²) < 4.78 is 16.9. The Balaban J connectivity index is 1.14. The van der Waals surface area contributed by atoms with Crippen LogP contribution >= 0.6 is 11.3 Å². The van der Waals surface area contributed by atoms with Gasteiger partial charge in [0.2, 0.25) is 5.91 Å². The first-order valence-electron chi connectivity index (χ1n) is 17.3. The summed E-state index contributed by atoms with van der Waals surface area (Å²) in [5.74, 6) is 3.07. The highest BCUT2D eigenvalue weighted by molar-refractivity contribution is 7.16. The number of hydrogen-bond donors (Lipinski definition) is 0. The van der Waals surface area contributed by atoms with Gasteiger partial charge in [-0.1, -0.05) is 30.4 Å². The number of methoxy groups -OCH3 is 1. The number of amides is 2. The molecular weight excluding hydrogens is 612 g/mol. The molecule has 0 N–H and O–H groups in total. The Labute approximate surface area is 282 Å². The maximum absolute atomic E-state index is 14.4. The molecule has 47 heavy (non-hydrogen) atoms. The predicted molar refractivity (Wildman–Crippen MR) is 184 cm³/mol. The van der Waals surface area contributed by atoms with Crippen LogP contribution < -0.4 is 14.4 Å². The quantitative estimate of drug-likeness (QED) is 0.218. The number of anilines is 1. The van der Waals surface area contributed by atoms with Gasteiger partial charge in [-0.25, -0.2) is 14.8 Å². The molecule has 252 valence electrons. The summed E-state index contributed by atoms with van der Waals surface area (Å²) in [4.78, 5) is 40.7. The SMILES string of the molecule is CCOc1ncc(-c2ccnc(N(CC3CCC(c4ccc(OC)c(C)c4)CC3)C(=O)C3CCC(OC(=O)N4CC(C)C4)CC3)c2)s1. The van der Waals surface area contributed by atoms with Crippen molar-refractivity contribution in [3.8, 4) is 21.4 Å². The highest BCUT2D eigenvalue weighted by atomic mass is 32.1. The number of ether oxygens (including phenoxy) is 3. The fourth-order valence-corrected chi connectivity index (χ4v) is 8.22. The molecule has 2 saturated carbocycles. The second-order valence-corrected chi connectivity index (χ2v) is 14.6. The minimum absolute atomic E-state index is 0.119. The molecule has 0 bridgehead atoms. The Kier molecular flexibility index (Phi) is 10.6. The van der Waals surface area contributed by atoms with Gasteiger partial charge >= 0.3 is 6.09 Å². The number of aryl methyl sites for hydroxylation is 1. The van der Waals surface area contributed by atoms with Gasteiger partial charge in [-0.3, -0.25) is 9.69 Å². The number of likely N-dealkylation sites (tertiary alicyclic amines) is 1. The minimum atomic E-state index is -0.212. The third kappa shape index (κ3) is 7.91. The lowest BCUT2D eigenvalue weighted by molar-refractivity contribution is -0.124. The van der Waals surface area contributed by atoms with Crippen LogP contribution in [-0.4, -0.2) is 66.3 Å². The molecule has 1 aliphatic heterocycles. The van der Waals surface area contributed by atoms with E-state index in [9.17, 15) is 9.59 Å². The number of carbonyl (C=O) groups excluding carboxylic acids is 2. The third-order valence-corrected chi connectivity index (χ3v) is 11.1. The number of thiazole rings is 1. The van der Waals surface area contributed by atoms with Crippen LogP contribution in [0.1, 0.15) is 82.3 Å². The van der Waals surface area contributed by atoms with Gasteiger partial charge in [0, 0.05) is 37.9 Å². The Morgan fingerprint density at radius 3 is 2.45 bits per heavy atom. The van der Waals surface area contributed by atoms with Crippen LogP contribution in [0.3, 0.4) is 0 Å². The lowest BCUT2D eigenvalue weighted by atomic mass is 9.78. The van der Waals surface area contributed by atoms with Crippen molar-refractivity contribution in [3.05, 3.63) is 53.9 Å². The molecule has 6 rings (SSSR count). The van der Waals surface area contributed by atoms with Gasteiger partial charge in [0.1, 0.15) is 17.7 Å². The van der Waals surface area contributed by atoms with Crippen LogP contribution in [0.5, 0.6) is 10.9 Å². The van der Waals surface area contributed by atoms with Gasteiger partial charge in [-0.05, 0) is 118 Å². The van der Waals surface area contributed by atoms with Crippen LogP contribution in [0, 0.1) is 24.7 Å². The van der Waals surface area contributed by atoms with Crippen molar-refractivity contribution in [3.63, 3.8) is 0 Å². The van der Waals surface area contributed by atoms with E-state index in [0.29, 0.717) is 67.6 Å². The number of benzene rings is 1. The number of pyridine rings is 1. The molecule has 2 aromatic heterocycles. The monoisotopic (exact) mass is 660 g/mol. The molecule has 3 aliphatic rings. The van der Waals surface area contributed by atoms with E-state index in [1.807, 2.05) is 30.2 Å². The number of hydrogen-bond acceptors (Lipinski definition) is 8. The van der Waals surface area contributed by atoms with E-state index < -0.39 is 0 Å². The van der Waals surface area contributed by atoms with Crippen molar-refractivity contribution in [2.45, 2.75) is 84.2 Å². The fraction of sp³-hybridized carbons (Fsp3) is 0.568. The lowest BCUT2D eigenvalue weighted by Crippen LogP contribution is -2.50. The number of aromatic nitrogens is 2. The molecule has 0 radical (unpaired) electrons. The zero-order valence-corrected chi connectivity index (χ0v) is 29.0. The number of rotatable bonds is 10. The Morgan fingerprint density at radius 2 is 1.77 bits per heavy atom. The molecule has 1 saturated heterocycles.